The van der Waals surface area contributed by atoms with E-state index in [4.69, 9.17) is 11.6 Å². The summed E-state index contributed by atoms with van der Waals surface area (Å²) in [6, 6.07) is 0. The monoisotopic (exact) mass is 228 g/mol. The van der Waals surface area contributed by atoms with E-state index in [0.717, 1.165) is 6.42 Å². The molecule has 0 radical (unpaired) electrons. The summed E-state index contributed by atoms with van der Waals surface area (Å²) in [6.07, 6.45) is 2.29. The van der Waals surface area contributed by atoms with Gasteiger partial charge >= 0.3 is 0 Å². The van der Waals surface area contributed by atoms with Gasteiger partial charge in [-0.15, -0.1) is 11.6 Å². The molecule has 0 aromatic carbocycles. The van der Waals surface area contributed by atoms with Gasteiger partial charge in [0.1, 0.15) is 0 Å². The Morgan fingerprint density at radius 2 is 1.40 bits per heavy atom. The molecule has 0 fully saturated rings. The Hall–Kier alpha value is 0.770. The second-order valence-electron chi connectivity index (χ2n) is 2.38. The van der Waals surface area contributed by atoms with Crippen LogP contribution in [0, 0.1) is 0 Å². The van der Waals surface area contributed by atoms with Gasteiger partial charge in [0.25, 0.3) is 0 Å². The minimum atomic E-state index is 0.356. The maximum Gasteiger partial charge on any atom is 0.0305 e. The minimum Gasteiger partial charge on any atom is -0.123 e. The van der Waals surface area contributed by atoms with Crippen LogP contribution in [0.25, 0.3) is 0 Å². The van der Waals surface area contributed by atoms with Gasteiger partial charge in [-0.05, 0) is 19.8 Å². The first-order valence-electron chi connectivity index (χ1n) is 3.82. The maximum atomic E-state index is 5.46. The second kappa shape index (κ2) is 9.77. The topological polar surface area (TPSA) is 0 Å². The molecule has 0 nitrogen and oxygen atoms in total. The van der Waals surface area contributed by atoms with Gasteiger partial charge in [-0.25, -0.2) is 0 Å². The molecule has 64 valence electrons. The zero-order valence-electron chi connectivity index (χ0n) is 7.32. The molecule has 0 aromatic rings. The quantitative estimate of drug-likeness (QED) is 0.623. The number of hydrogen-bond acceptors (Lipinski definition) is 0. The molecule has 0 aliphatic rings. The van der Waals surface area contributed by atoms with Crippen molar-refractivity contribution in [2.75, 3.05) is 0 Å². The van der Waals surface area contributed by atoms with Crippen LogP contribution in [0.4, 0.5) is 0 Å². The van der Waals surface area contributed by atoms with Crippen LogP contribution >= 0.6 is 27.5 Å². The largest absolute Gasteiger partial charge is 0.123 e. The molecule has 0 aromatic heterocycles. The van der Waals surface area contributed by atoms with E-state index in [0.29, 0.717) is 10.2 Å². The van der Waals surface area contributed by atoms with Crippen LogP contribution in [0.3, 0.4) is 0 Å². The highest BCUT2D eigenvalue weighted by Crippen LogP contribution is 1.99. The van der Waals surface area contributed by atoms with Crippen LogP contribution < -0.4 is 0 Å². The second-order valence-corrected chi connectivity index (χ2v) is 4.69. The van der Waals surface area contributed by atoms with Gasteiger partial charge in [0.15, 0.2) is 0 Å². The van der Waals surface area contributed by atoms with Crippen LogP contribution in [0.5, 0.6) is 0 Å². The van der Waals surface area contributed by atoms with E-state index in [1.54, 1.807) is 0 Å². The molecule has 2 atom stereocenters. The molecule has 0 saturated carbocycles. The Balaban J connectivity index is 0. The van der Waals surface area contributed by atoms with E-state index in [-0.39, 0.29) is 0 Å². The van der Waals surface area contributed by atoms with E-state index >= 15 is 0 Å². The molecule has 0 saturated heterocycles. The molecule has 0 aliphatic heterocycles. The molecular formula is C8H18BrCl. The normalized spacial score (nSPS) is 15.0. The van der Waals surface area contributed by atoms with Crippen molar-refractivity contribution in [1.29, 1.82) is 0 Å². The van der Waals surface area contributed by atoms with Gasteiger partial charge in [-0.1, -0.05) is 36.7 Å². The van der Waals surface area contributed by atoms with Gasteiger partial charge in [0.05, 0.1) is 0 Å². The molecule has 2 unspecified atom stereocenters. The molecule has 0 N–H and O–H groups in total. The smallest absolute Gasteiger partial charge is 0.0305 e. The van der Waals surface area contributed by atoms with Gasteiger partial charge < -0.3 is 0 Å². The molecule has 0 rings (SSSR count). The summed E-state index contributed by atoms with van der Waals surface area (Å²) in [7, 11) is 0. The van der Waals surface area contributed by atoms with Gasteiger partial charge in [-0.3, -0.25) is 0 Å². The zero-order valence-corrected chi connectivity index (χ0v) is 9.67. The van der Waals surface area contributed by atoms with Gasteiger partial charge in [0.2, 0.25) is 0 Å². The van der Waals surface area contributed by atoms with Crippen molar-refractivity contribution in [1.82, 2.24) is 0 Å². The molecule has 0 heterocycles. The summed E-state index contributed by atoms with van der Waals surface area (Å²) in [5.74, 6) is 0. The third kappa shape index (κ3) is 23.3. The Morgan fingerprint density at radius 3 is 1.40 bits per heavy atom. The summed E-state index contributed by atoms with van der Waals surface area (Å²) in [6.45, 7) is 8.35. The molecule has 2 heteroatoms. The lowest BCUT2D eigenvalue weighted by Crippen LogP contribution is -1.81. The lowest BCUT2D eigenvalue weighted by Gasteiger charge is -1.88. The van der Waals surface area contributed by atoms with Crippen molar-refractivity contribution in [3.8, 4) is 0 Å². The average Bonchev–Trinajstić information content (AvgIpc) is 1.89. The van der Waals surface area contributed by atoms with Crippen molar-refractivity contribution < 1.29 is 0 Å². The summed E-state index contributed by atoms with van der Waals surface area (Å²) >= 11 is 8.84. The number of halogens is 2. The van der Waals surface area contributed by atoms with Crippen molar-refractivity contribution in [2.24, 2.45) is 0 Å². The van der Waals surface area contributed by atoms with Crippen molar-refractivity contribution in [3.05, 3.63) is 0 Å². The molecule has 0 amide bonds. The van der Waals surface area contributed by atoms with Crippen LogP contribution in [-0.2, 0) is 0 Å². The Morgan fingerprint density at radius 1 is 1.20 bits per heavy atom. The van der Waals surface area contributed by atoms with E-state index in [1.807, 2.05) is 6.92 Å². The highest BCUT2D eigenvalue weighted by molar-refractivity contribution is 9.09. The van der Waals surface area contributed by atoms with E-state index in [9.17, 15) is 0 Å². The molecular weight excluding hydrogens is 211 g/mol. The number of rotatable bonds is 2. The Bertz CT molecular complexity index is 45.2. The van der Waals surface area contributed by atoms with Crippen LogP contribution in [0.1, 0.15) is 40.5 Å². The Labute approximate surface area is 78.5 Å². The fourth-order valence-corrected chi connectivity index (χ4v) is 0. The van der Waals surface area contributed by atoms with Crippen LogP contribution in [0.15, 0.2) is 0 Å². The minimum absolute atomic E-state index is 0.356. The van der Waals surface area contributed by atoms with E-state index < -0.39 is 0 Å². The van der Waals surface area contributed by atoms with E-state index in [2.05, 4.69) is 36.7 Å². The average molecular weight is 230 g/mol. The fraction of sp³-hybridized carbons (Fsp3) is 1.00. The first-order chi connectivity index (χ1) is 4.54. The Kier molecular flexibility index (Phi) is 13.1. The first-order valence-corrected chi connectivity index (χ1v) is 5.17. The molecule has 0 aliphatic carbocycles. The summed E-state index contributed by atoms with van der Waals surface area (Å²) in [4.78, 5) is 0.697. The molecule has 0 bridgehead atoms. The maximum absolute atomic E-state index is 5.46. The summed E-state index contributed by atoms with van der Waals surface area (Å²) in [5.41, 5.74) is 0. The highest BCUT2D eigenvalue weighted by Gasteiger charge is 1.83. The third-order valence-corrected chi connectivity index (χ3v) is 2.08. The summed E-state index contributed by atoms with van der Waals surface area (Å²) < 4.78 is 0. The number of alkyl halides is 2. The predicted molar refractivity (Wildman–Crippen MR) is 54.3 cm³/mol. The zero-order chi connectivity index (χ0) is 8.57. The van der Waals surface area contributed by atoms with Crippen LogP contribution in [0.2, 0.25) is 0 Å². The summed E-state index contributed by atoms with van der Waals surface area (Å²) in [5, 5.41) is 0.356. The first kappa shape index (κ1) is 13.4. The van der Waals surface area contributed by atoms with Crippen molar-refractivity contribution in [2.45, 2.75) is 50.7 Å². The fourth-order valence-electron chi connectivity index (χ4n) is 0. The molecule has 0 spiro atoms. The van der Waals surface area contributed by atoms with Gasteiger partial charge in [-0.2, -0.15) is 0 Å². The number of hydrogen-bond donors (Lipinski definition) is 0. The highest BCUT2D eigenvalue weighted by atomic mass is 79.9. The standard InChI is InChI=1S/C4H9Br.C4H9Cl/c2*1-3-4(2)5/h2*4H,3H2,1-2H3. The van der Waals surface area contributed by atoms with Crippen molar-refractivity contribution >= 4 is 27.5 Å². The van der Waals surface area contributed by atoms with E-state index in [1.165, 1.54) is 6.42 Å². The third-order valence-electron chi connectivity index (χ3n) is 1.13. The molecule has 10 heavy (non-hydrogen) atoms. The SMILES string of the molecule is CCC(C)Br.CCC(C)Cl. The predicted octanol–water partition coefficient (Wildman–Crippen LogP) is 4.20. The lowest BCUT2D eigenvalue weighted by molar-refractivity contribution is 0.895. The van der Waals surface area contributed by atoms with Gasteiger partial charge in [0, 0.05) is 10.2 Å². The lowest BCUT2D eigenvalue weighted by atomic mass is 10.4. The van der Waals surface area contributed by atoms with Crippen LogP contribution in [-0.4, -0.2) is 10.2 Å². The van der Waals surface area contributed by atoms with Crippen molar-refractivity contribution in [3.63, 3.8) is 0 Å².